The van der Waals surface area contributed by atoms with Crippen LogP contribution in [0.4, 0.5) is 5.69 Å². The summed E-state index contributed by atoms with van der Waals surface area (Å²) in [5, 5.41) is 4.71. The van der Waals surface area contributed by atoms with Crippen LogP contribution in [0, 0.1) is 0 Å². The highest BCUT2D eigenvalue weighted by molar-refractivity contribution is 7.84. The summed E-state index contributed by atoms with van der Waals surface area (Å²) < 4.78 is 16.8. The highest BCUT2D eigenvalue weighted by Gasteiger charge is 2.08. The quantitative estimate of drug-likeness (QED) is 0.852. The molecule has 1 aromatic heterocycles. The second-order valence-electron chi connectivity index (χ2n) is 4.41. The van der Waals surface area contributed by atoms with Crippen LogP contribution in [-0.4, -0.2) is 29.6 Å². The molecule has 21 heavy (non-hydrogen) atoms. The number of thiophene rings is 1. The lowest BCUT2D eigenvalue weighted by Gasteiger charge is -2.07. The number of ether oxygens (including phenoxy) is 1. The van der Waals surface area contributed by atoms with Crippen LogP contribution in [-0.2, 0) is 21.3 Å². The van der Waals surface area contributed by atoms with Gasteiger partial charge in [-0.2, -0.15) is 0 Å². The minimum atomic E-state index is -0.957. The molecule has 0 spiro atoms. The summed E-state index contributed by atoms with van der Waals surface area (Å²) in [6, 6.07) is 11.1. The molecule has 0 radical (unpaired) electrons. The summed E-state index contributed by atoms with van der Waals surface area (Å²) in [6.07, 6.45) is 0. The maximum absolute atomic E-state index is 12.0. The first-order valence-corrected chi connectivity index (χ1v) is 8.83. The number of hydrogen-bond donors (Lipinski definition) is 1. The number of amides is 1. The summed E-state index contributed by atoms with van der Waals surface area (Å²) in [7, 11) is 0.638. The second-order valence-corrected chi connectivity index (χ2v) is 6.94. The molecule has 0 aliphatic rings. The summed E-state index contributed by atoms with van der Waals surface area (Å²) in [4.78, 5) is 12.6. The Labute approximate surface area is 130 Å². The largest absolute Gasteiger partial charge is 0.384 e. The molecule has 4 nitrogen and oxygen atoms in total. The second kappa shape index (κ2) is 8.07. The van der Waals surface area contributed by atoms with E-state index < -0.39 is 10.8 Å². The third-order valence-electron chi connectivity index (χ3n) is 2.77. The maximum atomic E-state index is 12.0. The standard InChI is InChI=1S/C15H17NO3S2/c1-19-7-9-21(18)11-12-4-2-5-13(10-12)16-15(17)14-6-3-8-20-14/h2-6,8,10H,7,9,11H2,1H3,(H,16,17)/t21-/m1/s1. The van der Waals surface area contributed by atoms with Gasteiger partial charge in [0.05, 0.1) is 11.5 Å². The molecule has 0 unspecified atom stereocenters. The van der Waals surface area contributed by atoms with Crippen molar-refractivity contribution in [3.63, 3.8) is 0 Å². The maximum Gasteiger partial charge on any atom is 0.265 e. The average Bonchev–Trinajstić information content (AvgIpc) is 3.00. The van der Waals surface area contributed by atoms with Crippen molar-refractivity contribution in [2.75, 3.05) is 24.8 Å². The van der Waals surface area contributed by atoms with Crippen molar-refractivity contribution in [2.45, 2.75) is 5.75 Å². The molecule has 1 N–H and O–H groups in total. The van der Waals surface area contributed by atoms with E-state index in [0.29, 0.717) is 23.0 Å². The molecule has 0 fully saturated rings. The molecule has 1 heterocycles. The lowest BCUT2D eigenvalue weighted by atomic mass is 10.2. The molecule has 0 aliphatic carbocycles. The number of carbonyl (C=O) groups is 1. The van der Waals surface area contributed by atoms with Gasteiger partial charge >= 0.3 is 0 Å². The lowest BCUT2D eigenvalue weighted by molar-refractivity contribution is 0.103. The minimum absolute atomic E-state index is 0.123. The van der Waals surface area contributed by atoms with E-state index in [-0.39, 0.29) is 5.91 Å². The molecule has 1 atom stereocenters. The molecule has 6 heteroatoms. The molecule has 0 saturated heterocycles. The third-order valence-corrected chi connectivity index (χ3v) is 4.92. The van der Waals surface area contributed by atoms with Crippen LogP contribution in [0.15, 0.2) is 41.8 Å². The Kier molecular flexibility index (Phi) is 6.10. The van der Waals surface area contributed by atoms with E-state index in [1.165, 1.54) is 11.3 Å². The van der Waals surface area contributed by atoms with Gasteiger partial charge in [0.1, 0.15) is 0 Å². The van der Waals surface area contributed by atoms with Crippen molar-refractivity contribution in [2.24, 2.45) is 0 Å². The number of rotatable bonds is 7. The lowest BCUT2D eigenvalue weighted by Crippen LogP contribution is -2.11. The van der Waals surface area contributed by atoms with Crippen LogP contribution < -0.4 is 5.32 Å². The predicted molar refractivity (Wildman–Crippen MR) is 87.3 cm³/mol. The Morgan fingerprint density at radius 1 is 1.33 bits per heavy atom. The van der Waals surface area contributed by atoms with Crippen molar-refractivity contribution in [3.8, 4) is 0 Å². The van der Waals surface area contributed by atoms with Gasteiger partial charge in [-0.1, -0.05) is 18.2 Å². The van der Waals surface area contributed by atoms with E-state index in [1.54, 1.807) is 13.2 Å². The molecule has 2 aromatic rings. The van der Waals surface area contributed by atoms with Crippen molar-refractivity contribution >= 4 is 33.7 Å². The zero-order valence-electron chi connectivity index (χ0n) is 11.7. The predicted octanol–water partition coefficient (Wildman–Crippen LogP) is 2.90. The van der Waals surface area contributed by atoms with Gasteiger partial charge in [-0.25, -0.2) is 0 Å². The van der Waals surface area contributed by atoms with Gasteiger partial charge in [0.2, 0.25) is 0 Å². The smallest absolute Gasteiger partial charge is 0.265 e. The van der Waals surface area contributed by atoms with E-state index in [2.05, 4.69) is 5.32 Å². The Hall–Kier alpha value is -1.50. The van der Waals surface area contributed by atoms with Gasteiger partial charge in [-0.15, -0.1) is 11.3 Å². The summed E-state index contributed by atoms with van der Waals surface area (Å²) in [5.74, 6) is 0.858. The van der Waals surface area contributed by atoms with Crippen LogP contribution in [0.3, 0.4) is 0 Å². The number of methoxy groups -OCH3 is 1. The normalized spacial score (nSPS) is 12.0. The zero-order valence-corrected chi connectivity index (χ0v) is 13.3. The van der Waals surface area contributed by atoms with Crippen molar-refractivity contribution in [3.05, 3.63) is 52.2 Å². The number of hydrogen-bond acceptors (Lipinski definition) is 4. The van der Waals surface area contributed by atoms with Crippen LogP contribution in [0.5, 0.6) is 0 Å². The molecular formula is C15H17NO3S2. The van der Waals surface area contributed by atoms with E-state index >= 15 is 0 Å². The Balaban J connectivity index is 1.97. The fourth-order valence-corrected chi connectivity index (χ4v) is 3.44. The minimum Gasteiger partial charge on any atom is -0.384 e. The highest BCUT2D eigenvalue weighted by Crippen LogP contribution is 2.15. The zero-order chi connectivity index (χ0) is 15.1. The first-order chi connectivity index (χ1) is 10.2. The number of nitrogens with one attached hydrogen (secondary N) is 1. The molecule has 1 aromatic carbocycles. The molecule has 0 bridgehead atoms. The molecular weight excluding hydrogens is 306 g/mol. The molecule has 0 saturated carbocycles. The van der Waals surface area contributed by atoms with E-state index in [4.69, 9.17) is 4.74 Å². The monoisotopic (exact) mass is 323 g/mol. The first-order valence-electron chi connectivity index (χ1n) is 6.47. The third kappa shape index (κ3) is 5.08. The van der Waals surface area contributed by atoms with Crippen molar-refractivity contribution in [1.82, 2.24) is 0 Å². The van der Waals surface area contributed by atoms with Crippen LogP contribution >= 0.6 is 11.3 Å². The Morgan fingerprint density at radius 3 is 2.90 bits per heavy atom. The number of benzene rings is 1. The van der Waals surface area contributed by atoms with Gasteiger partial charge in [-0.3, -0.25) is 9.00 Å². The Morgan fingerprint density at radius 2 is 2.19 bits per heavy atom. The van der Waals surface area contributed by atoms with Crippen molar-refractivity contribution in [1.29, 1.82) is 0 Å². The number of anilines is 1. The van der Waals surface area contributed by atoms with Gasteiger partial charge < -0.3 is 10.1 Å². The molecule has 112 valence electrons. The summed E-state index contributed by atoms with van der Waals surface area (Å²) >= 11 is 1.40. The van der Waals surface area contributed by atoms with E-state index in [0.717, 1.165) is 11.3 Å². The van der Waals surface area contributed by atoms with Crippen LogP contribution in [0.2, 0.25) is 0 Å². The highest BCUT2D eigenvalue weighted by atomic mass is 32.2. The first kappa shape index (κ1) is 15.9. The van der Waals surface area contributed by atoms with Gasteiger partial charge in [0.15, 0.2) is 0 Å². The number of carbonyl (C=O) groups excluding carboxylic acids is 1. The fourth-order valence-electron chi connectivity index (χ4n) is 1.77. The van der Waals surface area contributed by atoms with E-state index in [1.807, 2.05) is 35.7 Å². The summed E-state index contributed by atoms with van der Waals surface area (Å²) in [5.41, 5.74) is 1.66. The van der Waals surface area contributed by atoms with E-state index in [9.17, 15) is 9.00 Å². The van der Waals surface area contributed by atoms with Crippen molar-refractivity contribution < 1.29 is 13.7 Å². The molecule has 2 rings (SSSR count). The van der Waals surface area contributed by atoms with Gasteiger partial charge in [0, 0.05) is 35.1 Å². The SMILES string of the molecule is COCC[S@@](=O)Cc1cccc(NC(=O)c2cccs2)c1. The Bertz CT molecular complexity index is 611. The van der Waals surface area contributed by atoms with Gasteiger partial charge in [-0.05, 0) is 29.1 Å². The van der Waals surface area contributed by atoms with Crippen LogP contribution in [0.1, 0.15) is 15.2 Å². The topological polar surface area (TPSA) is 55.4 Å². The van der Waals surface area contributed by atoms with Gasteiger partial charge in [0.25, 0.3) is 5.91 Å². The molecule has 0 aliphatic heterocycles. The summed E-state index contributed by atoms with van der Waals surface area (Å²) in [6.45, 7) is 0.488. The average molecular weight is 323 g/mol. The van der Waals surface area contributed by atoms with Crippen LogP contribution in [0.25, 0.3) is 0 Å². The fraction of sp³-hybridized carbons (Fsp3) is 0.267. The molecule has 1 amide bonds.